The molecule has 2 aromatic carbocycles. The van der Waals surface area contributed by atoms with E-state index in [1.54, 1.807) is 13.0 Å². The van der Waals surface area contributed by atoms with E-state index in [0.717, 1.165) is 101 Å². The van der Waals surface area contributed by atoms with Crippen molar-refractivity contribution in [3.63, 3.8) is 0 Å². The molecule has 1 saturated heterocycles. The Morgan fingerprint density at radius 3 is 2.49 bits per heavy atom. The molecular formula is C40H57ClN4O5S. The number of rotatable bonds is 5. The molecule has 2 aromatic rings. The van der Waals surface area contributed by atoms with Crippen LogP contribution in [-0.4, -0.2) is 93.9 Å². The molecule has 5 atom stereocenters. The number of allylic oxidation sites excluding steroid dienone is 1. The van der Waals surface area contributed by atoms with Gasteiger partial charge in [-0.2, -0.15) is 0 Å². The van der Waals surface area contributed by atoms with Gasteiger partial charge in [0.15, 0.2) is 0 Å². The molecule has 1 aliphatic carbocycles. The van der Waals surface area contributed by atoms with E-state index in [9.17, 15) is 13.2 Å². The number of amides is 1. The average Bonchev–Trinajstić information content (AvgIpc) is 3.12. The van der Waals surface area contributed by atoms with Crippen molar-refractivity contribution >= 4 is 33.2 Å². The van der Waals surface area contributed by atoms with Crippen molar-refractivity contribution in [2.24, 2.45) is 17.8 Å². The van der Waals surface area contributed by atoms with E-state index in [1.165, 1.54) is 5.56 Å². The summed E-state index contributed by atoms with van der Waals surface area (Å²) in [6.07, 6.45) is 10.0. The molecule has 9 nitrogen and oxygen atoms in total. The Hall–Kier alpha value is -2.63. The van der Waals surface area contributed by atoms with Crippen molar-refractivity contribution in [1.29, 1.82) is 0 Å². The molecule has 3 aliphatic heterocycles. The summed E-state index contributed by atoms with van der Waals surface area (Å²) in [5, 5.41) is -0.0492. The number of ether oxygens (including phenoxy) is 2. The molecule has 1 amide bonds. The lowest BCUT2D eigenvalue weighted by molar-refractivity contribution is -0.112. The van der Waals surface area contributed by atoms with Crippen LogP contribution in [0.4, 0.5) is 5.69 Å². The van der Waals surface area contributed by atoms with Crippen LogP contribution < -0.4 is 14.4 Å². The first-order valence-electron chi connectivity index (χ1n) is 19.1. The molecule has 11 heteroatoms. The van der Waals surface area contributed by atoms with Gasteiger partial charge >= 0.3 is 0 Å². The molecule has 280 valence electrons. The predicted octanol–water partition coefficient (Wildman–Crippen LogP) is 6.54. The highest BCUT2D eigenvalue weighted by atomic mass is 35.5. The number of carbonyl (C=O) groups excluding carboxylic acids is 1. The fraction of sp³-hybridized carbons (Fsp3) is 0.625. The second kappa shape index (κ2) is 16.6. The summed E-state index contributed by atoms with van der Waals surface area (Å²) in [6, 6.07) is 11.3. The number of halogens is 1. The van der Waals surface area contributed by atoms with Gasteiger partial charge in [-0.15, -0.1) is 0 Å². The monoisotopic (exact) mass is 740 g/mol. The number of anilines is 1. The Morgan fingerprint density at radius 2 is 1.76 bits per heavy atom. The minimum absolute atomic E-state index is 0.210. The maximum atomic E-state index is 13.6. The average molecular weight is 741 g/mol. The molecule has 2 fully saturated rings. The summed E-state index contributed by atoms with van der Waals surface area (Å²) >= 11 is 6.40. The lowest BCUT2D eigenvalue weighted by atomic mass is 9.63. The number of piperazine rings is 1. The third kappa shape index (κ3) is 8.78. The standard InChI is InChI=1S/C40H57ClN4O5S/c1-5-43-20-22-44(23-21-43)28-40(50-6-2)18-9-10-29(3)30(4)51(47,48)42-39(46)32-14-17-38-37(25-32)45(26-33-13-16-36(33)40)19-8-7-11-31-24-35(41)15-12-34(31)27-49-38/h9,12,14-15,17-18,24-25,29-30,33,36H,5-8,10-11,13,16,19-23,26-28H2,1-4H3,(H,42,46)/b18-9+/t29-,30+,33-,36+,40+/m0/s1. The van der Waals surface area contributed by atoms with Crippen molar-refractivity contribution in [2.45, 2.75) is 83.7 Å². The minimum atomic E-state index is -3.95. The lowest BCUT2D eigenvalue weighted by Gasteiger charge is -2.52. The highest BCUT2D eigenvalue weighted by Gasteiger charge is 2.48. The minimum Gasteiger partial charge on any atom is -0.487 e. The molecule has 4 aliphatic rings. The van der Waals surface area contributed by atoms with Crippen molar-refractivity contribution in [2.75, 3.05) is 63.9 Å². The number of nitrogens with zero attached hydrogens (tertiary/aromatic N) is 3. The molecule has 0 radical (unpaired) electrons. The van der Waals surface area contributed by atoms with E-state index in [0.29, 0.717) is 42.8 Å². The number of hydrogen-bond acceptors (Lipinski definition) is 8. The first-order chi connectivity index (χ1) is 24.5. The van der Waals surface area contributed by atoms with Crippen LogP contribution in [0.1, 0.15) is 81.3 Å². The van der Waals surface area contributed by atoms with Gasteiger partial charge in [0.1, 0.15) is 18.0 Å². The number of hydrogen-bond donors (Lipinski definition) is 1. The summed E-state index contributed by atoms with van der Waals surface area (Å²) < 4.78 is 43.0. The van der Waals surface area contributed by atoms with Gasteiger partial charge in [-0.1, -0.05) is 43.7 Å². The lowest BCUT2D eigenvalue weighted by Crippen LogP contribution is -2.59. The highest BCUT2D eigenvalue weighted by Crippen LogP contribution is 2.47. The van der Waals surface area contributed by atoms with Crippen molar-refractivity contribution in [3.8, 4) is 5.75 Å². The fourth-order valence-corrected chi connectivity index (χ4v) is 9.91. The third-order valence-electron chi connectivity index (χ3n) is 12.0. The van der Waals surface area contributed by atoms with E-state index in [1.807, 2.05) is 37.3 Å². The van der Waals surface area contributed by atoms with Gasteiger partial charge in [0, 0.05) is 63.0 Å². The molecule has 51 heavy (non-hydrogen) atoms. The molecule has 0 unspecified atom stereocenters. The summed E-state index contributed by atoms with van der Waals surface area (Å²) in [5.41, 5.74) is 2.93. The van der Waals surface area contributed by atoms with E-state index in [2.05, 4.69) is 45.4 Å². The molecule has 1 saturated carbocycles. The number of fused-ring (bicyclic) bond motifs is 3. The van der Waals surface area contributed by atoms with Crippen LogP contribution in [0.15, 0.2) is 48.6 Å². The van der Waals surface area contributed by atoms with Crippen molar-refractivity contribution in [3.05, 3.63) is 70.3 Å². The summed E-state index contributed by atoms with van der Waals surface area (Å²) in [6.45, 7) is 16.5. The second-order valence-corrected chi connectivity index (χ2v) is 17.6. The van der Waals surface area contributed by atoms with Crippen molar-refractivity contribution < 1.29 is 22.7 Å². The SMILES string of the molecule is CCO[C@@]1(CN2CCN(CC)CC2)/C=C/C[C@H](C)[C@@H](C)S(=O)(=O)NC(=O)c2ccc3c(c2)N(CCCCc2cc(Cl)ccc2CO3)C[C@@H]2CC[C@H]21. The summed E-state index contributed by atoms with van der Waals surface area (Å²) in [7, 11) is -3.95. The number of benzene rings is 2. The van der Waals surface area contributed by atoms with E-state index in [4.69, 9.17) is 21.1 Å². The third-order valence-corrected chi connectivity index (χ3v) is 14.1. The van der Waals surface area contributed by atoms with Crippen LogP contribution >= 0.6 is 11.6 Å². The Labute approximate surface area is 310 Å². The largest absolute Gasteiger partial charge is 0.487 e. The van der Waals surface area contributed by atoms with Crippen LogP contribution in [0.5, 0.6) is 5.75 Å². The first kappa shape index (κ1) is 38.1. The first-order valence-corrected chi connectivity index (χ1v) is 21.1. The molecule has 0 aromatic heterocycles. The van der Waals surface area contributed by atoms with Crippen LogP contribution in [0.3, 0.4) is 0 Å². The Kier molecular flexibility index (Phi) is 12.4. The molecule has 0 spiro atoms. The smallest absolute Gasteiger partial charge is 0.264 e. The van der Waals surface area contributed by atoms with Gasteiger partial charge in [0.05, 0.1) is 10.9 Å². The van der Waals surface area contributed by atoms with E-state index in [-0.39, 0.29) is 5.92 Å². The maximum Gasteiger partial charge on any atom is 0.264 e. The van der Waals surface area contributed by atoms with Crippen LogP contribution in [0, 0.1) is 17.8 Å². The topological polar surface area (TPSA) is 91.4 Å². The Morgan fingerprint density at radius 1 is 0.980 bits per heavy atom. The fourth-order valence-electron chi connectivity index (χ4n) is 8.43. The van der Waals surface area contributed by atoms with Gasteiger partial charge < -0.3 is 19.3 Å². The van der Waals surface area contributed by atoms with Crippen molar-refractivity contribution in [1.82, 2.24) is 14.5 Å². The normalized spacial score (nSPS) is 30.1. The van der Waals surface area contributed by atoms with Crippen LogP contribution in [0.2, 0.25) is 5.02 Å². The summed E-state index contributed by atoms with van der Waals surface area (Å²) in [4.78, 5) is 21.1. The molecular weight excluding hydrogens is 684 g/mol. The zero-order chi connectivity index (χ0) is 36.2. The molecule has 3 heterocycles. The second-order valence-electron chi connectivity index (χ2n) is 15.1. The van der Waals surface area contributed by atoms with Gasteiger partial charge in [-0.05, 0) is 118 Å². The molecule has 1 N–H and O–H groups in total. The van der Waals surface area contributed by atoms with Gasteiger partial charge in [-0.25, -0.2) is 13.1 Å². The van der Waals surface area contributed by atoms with Crippen LogP contribution in [0.25, 0.3) is 0 Å². The molecule has 2 bridgehead atoms. The highest BCUT2D eigenvalue weighted by molar-refractivity contribution is 7.90. The van der Waals surface area contributed by atoms with E-state index >= 15 is 0 Å². The number of aryl methyl sites for hydroxylation is 1. The zero-order valence-electron chi connectivity index (χ0n) is 30.9. The number of sulfonamides is 1. The number of nitrogens with one attached hydrogen (secondary N) is 1. The Balaban J connectivity index is 1.40. The zero-order valence-corrected chi connectivity index (χ0v) is 32.5. The predicted molar refractivity (Wildman–Crippen MR) is 205 cm³/mol. The van der Waals surface area contributed by atoms with Gasteiger partial charge in [0.25, 0.3) is 5.91 Å². The number of carbonyl (C=O) groups is 1. The number of likely N-dealkylation sites (N-methyl/N-ethyl adjacent to an activating group) is 1. The summed E-state index contributed by atoms with van der Waals surface area (Å²) in [5.74, 6) is 0.518. The Bertz CT molecular complexity index is 1660. The van der Waals surface area contributed by atoms with Gasteiger partial charge in [0.2, 0.25) is 10.0 Å². The van der Waals surface area contributed by atoms with Crippen LogP contribution in [-0.2, 0) is 27.8 Å². The maximum absolute atomic E-state index is 13.6. The van der Waals surface area contributed by atoms with E-state index < -0.39 is 26.8 Å². The molecule has 6 rings (SSSR count). The van der Waals surface area contributed by atoms with Gasteiger partial charge in [-0.3, -0.25) is 9.69 Å². The quantitative estimate of drug-likeness (QED) is 0.346.